The number of hydrogen-bond donors (Lipinski definition) is 2. The molecule has 0 spiro atoms. The van der Waals surface area contributed by atoms with Gasteiger partial charge in [-0.3, -0.25) is 0 Å². The summed E-state index contributed by atoms with van der Waals surface area (Å²) in [4.78, 5) is 5.09. The van der Waals surface area contributed by atoms with Crippen LogP contribution in [0.5, 0.6) is 5.75 Å². The van der Waals surface area contributed by atoms with E-state index in [4.69, 9.17) is 4.74 Å². The van der Waals surface area contributed by atoms with Gasteiger partial charge in [0.05, 0.1) is 13.2 Å². The van der Waals surface area contributed by atoms with Gasteiger partial charge in [-0.05, 0) is 43.2 Å². The summed E-state index contributed by atoms with van der Waals surface area (Å²) in [5.74, 6) is -3.00. The van der Waals surface area contributed by atoms with Crippen molar-refractivity contribution in [1.29, 1.82) is 0 Å². The lowest BCUT2D eigenvalue weighted by atomic mass is 10.1. The average molecular weight is 409 g/mol. The van der Waals surface area contributed by atoms with Gasteiger partial charge in [0.25, 0.3) is 0 Å². The number of anilines is 1. The molecule has 0 bridgehead atoms. The molecule has 1 atom stereocenters. The molecular formula is C20H19F4N3O2. The van der Waals surface area contributed by atoms with Gasteiger partial charge in [-0.2, -0.15) is 0 Å². The third-order valence-corrected chi connectivity index (χ3v) is 4.14. The lowest BCUT2D eigenvalue weighted by Crippen LogP contribution is -2.37. The summed E-state index contributed by atoms with van der Waals surface area (Å²) in [7, 11) is 0. The van der Waals surface area contributed by atoms with Crippen LogP contribution in [0.4, 0.5) is 23.2 Å². The molecule has 0 aromatic heterocycles. The van der Waals surface area contributed by atoms with E-state index in [9.17, 15) is 22.7 Å². The third kappa shape index (κ3) is 4.86. The highest BCUT2D eigenvalue weighted by Crippen LogP contribution is 2.27. The number of aryl methyl sites for hydroxylation is 1. The molecule has 0 fully saturated rings. The lowest BCUT2D eigenvalue weighted by Gasteiger charge is -2.28. The highest BCUT2D eigenvalue weighted by Gasteiger charge is 2.23. The zero-order valence-electron chi connectivity index (χ0n) is 15.7. The Morgan fingerprint density at radius 1 is 1.10 bits per heavy atom. The number of rotatable bonds is 5. The van der Waals surface area contributed by atoms with Crippen molar-refractivity contribution in [3.05, 3.63) is 70.9 Å². The Morgan fingerprint density at radius 3 is 2.45 bits per heavy atom. The highest BCUT2D eigenvalue weighted by molar-refractivity contribution is 5.95. The van der Waals surface area contributed by atoms with Gasteiger partial charge < -0.3 is 20.1 Å². The van der Waals surface area contributed by atoms with Gasteiger partial charge in [0, 0.05) is 24.0 Å². The van der Waals surface area contributed by atoms with Gasteiger partial charge in [0.15, 0.2) is 17.4 Å². The van der Waals surface area contributed by atoms with Crippen LogP contribution in [0, 0.1) is 24.4 Å². The number of aliphatic hydroxyl groups is 1. The molecule has 0 saturated carbocycles. The van der Waals surface area contributed by atoms with Crippen molar-refractivity contribution in [2.75, 3.05) is 11.9 Å². The Hall–Kier alpha value is -3.07. The Labute approximate surface area is 164 Å². The minimum absolute atomic E-state index is 0.0121. The van der Waals surface area contributed by atoms with Crippen LogP contribution >= 0.6 is 0 Å². The molecule has 0 radical (unpaired) electrons. The van der Waals surface area contributed by atoms with Crippen molar-refractivity contribution >= 4 is 11.6 Å². The number of guanidine groups is 1. The van der Waals surface area contributed by atoms with E-state index in [1.807, 2.05) is 0 Å². The molecular weight excluding hydrogens is 390 g/mol. The van der Waals surface area contributed by atoms with E-state index in [0.717, 1.165) is 24.4 Å². The van der Waals surface area contributed by atoms with Crippen LogP contribution in [0.25, 0.3) is 0 Å². The molecule has 0 amide bonds. The van der Waals surface area contributed by atoms with Gasteiger partial charge >= 0.3 is 0 Å². The second kappa shape index (κ2) is 8.52. The largest absolute Gasteiger partial charge is 0.491 e. The SMILES string of the molecule is CCOc1cc(NC2=NC(O)C(F)=CN2Cc2cc(F)cc(F)c2)c(C)cc1F. The molecule has 154 valence electrons. The number of aliphatic imine (C=N–C) groups is 1. The van der Waals surface area contributed by atoms with E-state index in [1.165, 1.54) is 17.0 Å². The minimum atomic E-state index is -1.73. The number of halogens is 4. The van der Waals surface area contributed by atoms with Crippen LogP contribution < -0.4 is 10.1 Å². The summed E-state index contributed by atoms with van der Waals surface area (Å²) < 4.78 is 60.1. The summed E-state index contributed by atoms with van der Waals surface area (Å²) >= 11 is 0. The normalized spacial score (nSPS) is 16.4. The molecule has 1 aliphatic heterocycles. The summed E-state index contributed by atoms with van der Waals surface area (Å²) in [5.41, 5.74) is 1.14. The van der Waals surface area contributed by atoms with Crippen LogP contribution in [0.15, 0.2) is 47.4 Å². The molecule has 2 N–H and O–H groups in total. The summed E-state index contributed by atoms with van der Waals surface area (Å²) in [6.45, 7) is 3.48. The maximum Gasteiger partial charge on any atom is 0.205 e. The van der Waals surface area contributed by atoms with Gasteiger partial charge in [-0.25, -0.2) is 22.6 Å². The van der Waals surface area contributed by atoms with Gasteiger partial charge in [-0.1, -0.05) is 0 Å². The van der Waals surface area contributed by atoms with Crippen molar-refractivity contribution in [2.45, 2.75) is 26.6 Å². The first-order chi connectivity index (χ1) is 13.8. The number of aliphatic hydroxyl groups excluding tert-OH is 1. The van der Waals surface area contributed by atoms with Crippen molar-refractivity contribution in [1.82, 2.24) is 4.90 Å². The van der Waals surface area contributed by atoms with Gasteiger partial charge in [-0.15, -0.1) is 0 Å². The fourth-order valence-corrected chi connectivity index (χ4v) is 2.83. The monoisotopic (exact) mass is 409 g/mol. The Balaban J connectivity index is 1.91. The molecule has 1 aliphatic rings. The minimum Gasteiger partial charge on any atom is -0.491 e. The molecule has 2 aromatic rings. The second-order valence-electron chi connectivity index (χ2n) is 6.40. The second-order valence-corrected chi connectivity index (χ2v) is 6.40. The topological polar surface area (TPSA) is 57.1 Å². The van der Waals surface area contributed by atoms with Gasteiger partial charge in [0.1, 0.15) is 11.6 Å². The number of ether oxygens (including phenoxy) is 1. The third-order valence-electron chi connectivity index (χ3n) is 4.14. The fraction of sp³-hybridized carbons (Fsp3) is 0.250. The average Bonchev–Trinajstić information content (AvgIpc) is 2.62. The summed E-state index contributed by atoms with van der Waals surface area (Å²) in [6, 6.07) is 5.61. The number of nitrogens with one attached hydrogen (secondary N) is 1. The smallest absolute Gasteiger partial charge is 0.205 e. The molecule has 5 nitrogen and oxygen atoms in total. The first-order valence-electron chi connectivity index (χ1n) is 8.81. The van der Waals surface area contributed by atoms with E-state index >= 15 is 0 Å². The quantitative estimate of drug-likeness (QED) is 0.726. The van der Waals surface area contributed by atoms with Crippen molar-refractivity contribution < 1.29 is 27.4 Å². The number of nitrogens with zero attached hydrogens (tertiary/aromatic N) is 2. The lowest BCUT2D eigenvalue weighted by molar-refractivity contribution is 0.181. The van der Waals surface area contributed by atoms with E-state index < -0.39 is 29.5 Å². The molecule has 0 saturated heterocycles. The van der Waals surface area contributed by atoms with Crippen LogP contribution in [-0.2, 0) is 6.54 Å². The molecule has 1 unspecified atom stereocenters. The maximum atomic E-state index is 14.0. The van der Waals surface area contributed by atoms with E-state index in [0.29, 0.717) is 11.3 Å². The van der Waals surface area contributed by atoms with Gasteiger partial charge in [0.2, 0.25) is 12.2 Å². The number of benzene rings is 2. The van der Waals surface area contributed by atoms with E-state index in [2.05, 4.69) is 10.3 Å². The molecule has 29 heavy (non-hydrogen) atoms. The predicted octanol–water partition coefficient (Wildman–Crippen LogP) is 4.22. The summed E-state index contributed by atoms with van der Waals surface area (Å²) in [6.07, 6.45) is -0.754. The zero-order chi connectivity index (χ0) is 21.1. The maximum absolute atomic E-state index is 14.0. The predicted molar refractivity (Wildman–Crippen MR) is 100 cm³/mol. The zero-order valence-corrected chi connectivity index (χ0v) is 15.7. The standard InChI is InChI=1S/C20H19F4N3O2/c1-3-29-18-8-17(11(2)4-15(18)23)25-20-26-19(28)16(24)10-27(20)9-12-5-13(21)7-14(22)6-12/h4-8,10,19,28H,3,9H2,1-2H3,(H,25,26). The van der Waals surface area contributed by atoms with Crippen molar-refractivity contribution in [3.8, 4) is 5.75 Å². The van der Waals surface area contributed by atoms with E-state index in [1.54, 1.807) is 13.8 Å². The molecule has 3 rings (SSSR count). The Morgan fingerprint density at radius 2 is 1.79 bits per heavy atom. The Kier molecular flexibility index (Phi) is 6.07. The molecule has 2 aromatic carbocycles. The van der Waals surface area contributed by atoms with Crippen LogP contribution in [0.1, 0.15) is 18.1 Å². The molecule has 0 aliphatic carbocycles. The van der Waals surface area contributed by atoms with Crippen LogP contribution in [0.2, 0.25) is 0 Å². The first-order valence-corrected chi connectivity index (χ1v) is 8.81. The van der Waals surface area contributed by atoms with Crippen LogP contribution in [-0.4, -0.2) is 28.8 Å². The summed E-state index contributed by atoms with van der Waals surface area (Å²) in [5, 5.41) is 12.6. The van der Waals surface area contributed by atoms with E-state index in [-0.39, 0.29) is 30.4 Å². The molecule has 9 heteroatoms. The number of hydrogen-bond acceptors (Lipinski definition) is 5. The van der Waals surface area contributed by atoms with Crippen molar-refractivity contribution in [2.24, 2.45) is 4.99 Å². The molecule has 1 heterocycles. The highest BCUT2D eigenvalue weighted by atomic mass is 19.1. The first kappa shape index (κ1) is 20.7. The van der Waals surface area contributed by atoms with Crippen molar-refractivity contribution in [3.63, 3.8) is 0 Å². The van der Waals surface area contributed by atoms with Crippen LogP contribution in [0.3, 0.4) is 0 Å². The fourth-order valence-electron chi connectivity index (χ4n) is 2.83. The Bertz CT molecular complexity index is 958.